The van der Waals surface area contributed by atoms with Crippen LogP contribution in [0.3, 0.4) is 0 Å². The van der Waals surface area contributed by atoms with Gasteiger partial charge >= 0.3 is 6.09 Å². The number of carbonyl (C=O) groups is 2. The van der Waals surface area contributed by atoms with E-state index in [1.807, 2.05) is 42.5 Å². The second-order valence-electron chi connectivity index (χ2n) is 5.37. The number of carbonyl (C=O) groups excluding carboxylic acids is 1. The van der Waals surface area contributed by atoms with Crippen LogP contribution in [-0.2, 0) is 4.79 Å². The minimum absolute atomic E-state index is 0.493. The first-order valence-corrected chi connectivity index (χ1v) is 7.96. The van der Waals surface area contributed by atoms with Crippen LogP contribution < -0.4 is 10.1 Å². The zero-order chi connectivity index (χ0) is 17.2. The third-order valence-corrected chi connectivity index (χ3v) is 3.55. The molecule has 5 heteroatoms. The molecule has 0 radical (unpaired) electrons. The van der Waals surface area contributed by atoms with Crippen LogP contribution in [0.1, 0.15) is 25.7 Å². The Hall–Kier alpha value is -2.82. The number of hydrogen-bond acceptors (Lipinski definition) is 3. The van der Waals surface area contributed by atoms with Crippen molar-refractivity contribution in [3.63, 3.8) is 0 Å². The van der Waals surface area contributed by atoms with Gasteiger partial charge in [-0.05, 0) is 37.0 Å². The van der Waals surface area contributed by atoms with Crippen molar-refractivity contribution in [2.75, 3.05) is 11.9 Å². The largest absolute Gasteiger partial charge is 0.494 e. The Kier molecular flexibility index (Phi) is 6.83. The molecule has 0 aliphatic rings. The number of hydrogen-bond donors (Lipinski definition) is 2. The van der Waals surface area contributed by atoms with Gasteiger partial charge in [0.1, 0.15) is 12.0 Å². The first-order valence-electron chi connectivity index (χ1n) is 7.96. The van der Waals surface area contributed by atoms with Crippen molar-refractivity contribution in [1.29, 1.82) is 0 Å². The average Bonchev–Trinajstić information content (AvgIpc) is 2.58. The van der Waals surface area contributed by atoms with E-state index < -0.39 is 6.09 Å². The zero-order valence-corrected chi connectivity index (χ0v) is 13.4. The molecule has 0 spiro atoms. The van der Waals surface area contributed by atoms with Gasteiger partial charge in [0.25, 0.3) is 0 Å². The summed E-state index contributed by atoms with van der Waals surface area (Å²) in [5, 5.41) is 11.5. The topological polar surface area (TPSA) is 75.6 Å². The third-order valence-electron chi connectivity index (χ3n) is 3.55. The number of amides is 1. The van der Waals surface area contributed by atoms with Crippen LogP contribution in [0.4, 0.5) is 10.5 Å². The first kappa shape index (κ1) is 17.5. The van der Waals surface area contributed by atoms with Crippen molar-refractivity contribution >= 4 is 18.1 Å². The molecule has 0 unspecified atom stereocenters. The predicted octanol–water partition coefficient (Wildman–Crippen LogP) is 4.58. The number of rotatable bonds is 9. The summed E-state index contributed by atoms with van der Waals surface area (Å²) in [5.41, 5.74) is 2.23. The Morgan fingerprint density at radius 3 is 2.58 bits per heavy atom. The summed E-state index contributed by atoms with van der Waals surface area (Å²) >= 11 is 0. The highest BCUT2D eigenvalue weighted by Gasteiger charge is 2.09. The Labute approximate surface area is 141 Å². The molecule has 0 atom stereocenters. The molecule has 0 fully saturated rings. The highest BCUT2D eigenvalue weighted by Crippen LogP contribution is 2.31. The lowest BCUT2D eigenvalue weighted by Crippen LogP contribution is -2.08. The van der Waals surface area contributed by atoms with E-state index in [2.05, 4.69) is 5.32 Å². The number of nitrogens with one attached hydrogen (secondary N) is 1. The Morgan fingerprint density at radius 2 is 1.88 bits per heavy atom. The van der Waals surface area contributed by atoms with E-state index in [0.717, 1.165) is 36.7 Å². The van der Waals surface area contributed by atoms with Crippen LogP contribution in [0.2, 0.25) is 0 Å². The van der Waals surface area contributed by atoms with Crippen molar-refractivity contribution in [3.8, 4) is 16.9 Å². The van der Waals surface area contributed by atoms with Crippen molar-refractivity contribution in [3.05, 3.63) is 48.5 Å². The summed E-state index contributed by atoms with van der Waals surface area (Å²) in [6.07, 6.45) is 3.05. The molecule has 5 nitrogen and oxygen atoms in total. The number of aldehydes is 1. The van der Waals surface area contributed by atoms with E-state index in [1.165, 1.54) is 0 Å². The molecule has 2 N–H and O–H groups in total. The molecule has 0 aliphatic heterocycles. The molecular weight excluding hydrogens is 306 g/mol. The highest BCUT2D eigenvalue weighted by atomic mass is 16.5. The lowest BCUT2D eigenvalue weighted by Gasteiger charge is -2.13. The predicted molar refractivity (Wildman–Crippen MR) is 93.6 cm³/mol. The molecule has 0 saturated carbocycles. The summed E-state index contributed by atoms with van der Waals surface area (Å²) in [4.78, 5) is 21.3. The minimum atomic E-state index is -1.11. The van der Waals surface area contributed by atoms with Crippen LogP contribution in [-0.4, -0.2) is 24.1 Å². The Balaban J connectivity index is 2.06. The molecule has 2 rings (SSSR count). The monoisotopic (exact) mass is 327 g/mol. The second kappa shape index (κ2) is 9.35. The van der Waals surface area contributed by atoms with E-state index in [9.17, 15) is 9.59 Å². The molecule has 1 amide bonds. The lowest BCUT2D eigenvalue weighted by molar-refractivity contribution is -0.107. The molecule has 0 aliphatic carbocycles. The van der Waals surface area contributed by atoms with Gasteiger partial charge in [0.15, 0.2) is 0 Å². The van der Waals surface area contributed by atoms with Gasteiger partial charge in [-0.15, -0.1) is 0 Å². The number of ether oxygens (including phenoxy) is 1. The van der Waals surface area contributed by atoms with Gasteiger partial charge in [0, 0.05) is 18.1 Å². The second-order valence-corrected chi connectivity index (χ2v) is 5.37. The van der Waals surface area contributed by atoms with E-state index in [1.54, 1.807) is 6.07 Å². The van der Waals surface area contributed by atoms with E-state index in [4.69, 9.17) is 9.84 Å². The van der Waals surface area contributed by atoms with E-state index in [-0.39, 0.29) is 0 Å². The van der Waals surface area contributed by atoms with Crippen LogP contribution in [0.25, 0.3) is 11.1 Å². The quantitative estimate of drug-likeness (QED) is 0.522. The van der Waals surface area contributed by atoms with Crippen molar-refractivity contribution in [2.45, 2.75) is 25.7 Å². The van der Waals surface area contributed by atoms with Crippen LogP contribution in [0, 0.1) is 0 Å². The van der Waals surface area contributed by atoms with Crippen molar-refractivity contribution < 1.29 is 19.4 Å². The number of unbranched alkanes of at least 4 members (excludes halogenated alkanes) is 3. The SMILES string of the molecule is O=CCCCCCOc1ccc(-c2ccccc2)c(NC(=O)O)c1. The first-order chi connectivity index (χ1) is 11.7. The number of carboxylic acid groups (broad SMARTS) is 1. The average molecular weight is 327 g/mol. The zero-order valence-electron chi connectivity index (χ0n) is 13.4. The summed E-state index contributed by atoms with van der Waals surface area (Å²) < 4.78 is 5.68. The lowest BCUT2D eigenvalue weighted by atomic mass is 10.0. The molecule has 0 bridgehead atoms. The molecule has 2 aromatic carbocycles. The number of benzene rings is 2. The standard InChI is InChI=1S/C19H21NO4/c21-12-6-1-2-7-13-24-16-10-11-17(15-8-4-3-5-9-15)18(14-16)20-19(22)23/h3-5,8-12,14,20H,1-2,6-7,13H2,(H,22,23). The van der Waals surface area contributed by atoms with Gasteiger partial charge in [-0.1, -0.05) is 30.3 Å². The van der Waals surface area contributed by atoms with Crippen molar-refractivity contribution in [2.24, 2.45) is 0 Å². The van der Waals surface area contributed by atoms with Gasteiger partial charge in [0.05, 0.1) is 12.3 Å². The van der Waals surface area contributed by atoms with Gasteiger partial charge in [-0.2, -0.15) is 0 Å². The molecule has 0 heterocycles. The summed E-state index contributed by atoms with van der Waals surface area (Å²) in [6.45, 7) is 0.538. The van der Waals surface area contributed by atoms with Gasteiger partial charge < -0.3 is 14.6 Å². The molecule has 2 aromatic rings. The maximum atomic E-state index is 11.0. The smallest absolute Gasteiger partial charge is 0.409 e. The molecular formula is C19H21NO4. The molecule has 126 valence electrons. The summed E-state index contributed by atoms with van der Waals surface area (Å²) in [7, 11) is 0. The molecule has 24 heavy (non-hydrogen) atoms. The van der Waals surface area contributed by atoms with E-state index >= 15 is 0 Å². The fourth-order valence-electron chi connectivity index (χ4n) is 2.40. The van der Waals surface area contributed by atoms with Crippen LogP contribution in [0.15, 0.2) is 48.5 Å². The Bertz CT molecular complexity index is 670. The normalized spacial score (nSPS) is 10.2. The summed E-state index contributed by atoms with van der Waals surface area (Å²) in [5.74, 6) is 0.619. The van der Waals surface area contributed by atoms with Crippen LogP contribution in [0.5, 0.6) is 5.75 Å². The summed E-state index contributed by atoms with van der Waals surface area (Å²) in [6, 6.07) is 15.0. The van der Waals surface area contributed by atoms with Crippen molar-refractivity contribution in [1.82, 2.24) is 0 Å². The Morgan fingerprint density at radius 1 is 1.08 bits per heavy atom. The van der Waals surface area contributed by atoms with Gasteiger partial charge in [-0.3, -0.25) is 5.32 Å². The third kappa shape index (κ3) is 5.43. The van der Waals surface area contributed by atoms with E-state index in [0.29, 0.717) is 24.5 Å². The number of anilines is 1. The maximum absolute atomic E-state index is 11.0. The fourth-order valence-corrected chi connectivity index (χ4v) is 2.40. The van der Waals surface area contributed by atoms with Gasteiger partial charge in [0.2, 0.25) is 0 Å². The van der Waals surface area contributed by atoms with Gasteiger partial charge in [-0.25, -0.2) is 4.79 Å². The highest BCUT2D eigenvalue weighted by molar-refractivity contribution is 5.91. The molecule has 0 aromatic heterocycles. The fraction of sp³-hybridized carbons (Fsp3) is 0.263. The molecule has 0 saturated heterocycles. The minimum Gasteiger partial charge on any atom is -0.494 e. The maximum Gasteiger partial charge on any atom is 0.409 e. The van der Waals surface area contributed by atoms with Crippen LogP contribution >= 0.6 is 0 Å².